The maximum Gasteiger partial charge on any atom is 0.293 e. The lowest BCUT2D eigenvalue weighted by Gasteiger charge is -2.10. The second kappa shape index (κ2) is 3.88. The van der Waals surface area contributed by atoms with E-state index in [-0.39, 0.29) is 6.01 Å². The highest BCUT2D eigenvalue weighted by Crippen LogP contribution is 2.23. The number of rotatable bonds is 3. The van der Waals surface area contributed by atoms with Crippen molar-refractivity contribution in [3.05, 3.63) is 17.8 Å². The Morgan fingerprint density at radius 2 is 2.00 bits per heavy atom. The topological polar surface area (TPSA) is 61.8 Å². The van der Waals surface area contributed by atoms with Crippen molar-refractivity contribution in [1.82, 2.24) is 15.0 Å². The number of fused-ring (bicyclic) bond motifs is 1. The molecule has 0 aliphatic carbocycles. The molecule has 0 unspecified atom stereocenters. The third kappa shape index (κ3) is 1.79. The minimum absolute atomic E-state index is 0.0702. The summed E-state index contributed by atoms with van der Waals surface area (Å²) < 4.78 is 0. The number of aromatic hydroxyl groups is 1. The zero-order chi connectivity index (χ0) is 10.8. The number of nitrogens with zero attached hydrogens (tertiary/aromatic N) is 2. The normalized spacial score (nSPS) is 11.4. The van der Waals surface area contributed by atoms with E-state index >= 15 is 0 Å². The van der Waals surface area contributed by atoms with Gasteiger partial charge in [0.2, 0.25) is 0 Å². The molecule has 0 bridgehead atoms. The molecule has 0 spiro atoms. The molecule has 4 nitrogen and oxygen atoms in total. The fourth-order valence-corrected chi connectivity index (χ4v) is 1.83. The highest BCUT2D eigenvalue weighted by molar-refractivity contribution is 5.71. The van der Waals surface area contributed by atoms with Gasteiger partial charge in [-0.05, 0) is 25.0 Å². The summed E-state index contributed by atoms with van der Waals surface area (Å²) in [5.41, 5.74) is 2.43. The van der Waals surface area contributed by atoms with Gasteiger partial charge in [-0.2, -0.15) is 4.98 Å². The molecule has 2 aromatic rings. The van der Waals surface area contributed by atoms with Gasteiger partial charge >= 0.3 is 0 Å². The Hall–Kier alpha value is -1.58. The molecular weight excluding hydrogens is 190 g/mol. The third-order valence-electron chi connectivity index (χ3n) is 2.76. The molecule has 0 saturated heterocycles. The minimum atomic E-state index is -0.0702. The van der Waals surface area contributed by atoms with E-state index in [1.54, 1.807) is 0 Å². The van der Waals surface area contributed by atoms with Crippen molar-refractivity contribution in [2.45, 2.75) is 32.6 Å². The third-order valence-corrected chi connectivity index (χ3v) is 2.76. The average molecular weight is 205 g/mol. The van der Waals surface area contributed by atoms with Crippen molar-refractivity contribution in [1.29, 1.82) is 0 Å². The molecule has 0 atom stereocenters. The van der Waals surface area contributed by atoms with Crippen LogP contribution in [0.1, 0.15) is 38.3 Å². The molecule has 2 aromatic heterocycles. The van der Waals surface area contributed by atoms with Crippen LogP contribution in [0.25, 0.3) is 11.2 Å². The van der Waals surface area contributed by atoms with Crippen LogP contribution in [0.5, 0.6) is 6.01 Å². The smallest absolute Gasteiger partial charge is 0.293 e. The number of nitrogens with one attached hydrogen (secondary N) is 1. The van der Waals surface area contributed by atoms with E-state index in [2.05, 4.69) is 28.8 Å². The summed E-state index contributed by atoms with van der Waals surface area (Å²) in [6.07, 6.45) is 2.15. The molecule has 4 heteroatoms. The lowest BCUT2D eigenvalue weighted by atomic mass is 9.99. The second-order valence-electron chi connectivity index (χ2n) is 3.68. The van der Waals surface area contributed by atoms with Crippen molar-refractivity contribution in [3.63, 3.8) is 0 Å². The van der Waals surface area contributed by atoms with Gasteiger partial charge in [0, 0.05) is 11.6 Å². The Morgan fingerprint density at radius 1 is 1.27 bits per heavy atom. The van der Waals surface area contributed by atoms with Crippen molar-refractivity contribution in [2.24, 2.45) is 0 Å². The molecule has 15 heavy (non-hydrogen) atoms. The van der Waals surface area contributed by atoms with E-state index in [9.17, 15) is 5.11 Å². The molecule has 2 heterocycles. The first kappa shape index (κ1) is 9.96. The number of hydrogen-bond acceptors (Lipinski definition) is 3. The number of aromatic amines is 1. The van der Waals surface area contributed by atoms with Crippen LogP contribution in [0.15, 0.2) is 12.1 Å². The summed E-state index contributed by atoms with van der Waals surface area (Å²) in [6, 6.07) is 3.85. The first-order valence-corrected chi connectivity index (χ1v) is 5.30. The highest BCUT2D eigenvalue weighted by Gasteiger charge is 2.10. The predicted molar refractivity (Wildman–Crippen MR) is 58.9 cm³/mol. The van der Waals surface area contributed by atoms with E-state index in [0.29, 0.717) is 11.6 Å². The van der Waals surface area contributed by atoms with Gasteiger partial charge in [-0.1, -0.05) is 13.8 Å². The molecule has 0 radical (unpaired) electrons. The van der Waals surface area contributed by atoms with Gasteiger partial charge in [-0.25, -0.2) is 4.98 Å². The largest absolute Gasteiger partial charge is 0.480 e. The van der Waals surface area contributed by atoms with Gasteiger partial charge < -0.3 is 10.1 Å². The summed E-state index contributed by atoms with van der Waals surface area (Å²) in [4.78, 5) is 11.1. The molecule has 0 aromatic carbocycles. The molecule has 0 amide bonds. The van der Waals surface area contributed by atoms with Gasteiger partial charge in [0.25, 0.3) is 6.01 Å². The quantitative estimate of drug-likeness (QED) is 0.809. The van der Waals surface area contributed by atoms with E-state index < -0.39 is 0 Å². The second-order valence-corrected chi connectivity index (χ2v) is 3.68. The molecule has 2 N–H and O–H groups in total. The van der Waals surface area contributed by atoms with Crippen LogP contribution >= 0.6 is 0 Å². The van der Waals surface area contributed by atoms with Crippen LogP contribution in [-0.2, 0) is 0 Å². The monoisotopic (exact) mass is 205 g/mol. The number of H-pyrrole nitrogens is 1. The molecule has 2 rings (SSSR count). The van der Waals surface area contributed by atoms with Gasteiger partial charge in [-0.15, -0.1) is 0 Å². The van der Waals surface area contributed by atoms with Crippen LogP contribution in [0.4, 0.5) is 0 Å². The first-order chi connectivity index (χ1) is 7.24. The molecule has 0 aliphatic heterocycles. The Morgan fingerprint density at radius 3 is 2.67 bits per heavy atom. The summed E-state index contributed by atoms with van der Waals surface area (Å²) in [6.45, 7) is 4.31. The standard InChI is InChI=1S/C11H15N3O/c1-3-7(4-2)8-5-6-9-10(12-8)14-11(15)13-9/h5-7H,3-4H2,1-2H3,(H2,12,13,14,15). The zero-order valence-electron chi connectivity index (χ0n) is 8.99. The highest BCUT2D eigenvalue weighted by atomic mass is 16.3. The Bertz CT molecular complexity index is 460. The molecule has 0 fully saturated rings. The van der Waals surface area contributed by atoms with E-state index in [4.69, 9.17) is 0 Å². The SMILES string of the molecule is CCC(CC)c1ccc2[nH]c(O)nc2n1. The lowest BCUT2D eigenvalue weighted by Crippen LogP contribution is -1.98. The average Bonchev–Trinajstić information content (AvgIpc) is 2.59. The van der Waals surface area contributed by atoms with Gasteiger partial charge in [0.15, 0.2) is 5.65 Å². The first-order valence-electron chi connectivity index (χ1n) is 5.30. The Labute approximate surface area is 88.4 Å². The Kier molecular flexibility index (Phi) is 2.58. The fourth-order valence-electron chi connectivity index (χ4n) is 1.83. The number of pyridine rings is 1. The fraction of sp³-hybridized carbons (Fsp3) is 0.455. The minimum Gasteiger partial charge on any atom is -0.480 e. The number of hydrogen-bond donors (Lipinski definition) is 2. The van der Waals surface area contributed by atoms with Crippen molar-refractivity contribution in [2.75, 3.05) is 0 Å². The maximum absolute atomic E-state index is 9.19. The molecule has 0 saturated carbocycles. The summed E-state index contributed by atoms with van der Waals surface area (Å²) in [5, 5.41) is 9.19. The number of imidazole rings is 1. The molecule has 80 valence electrons. The Balaban J connectivity index is 2.45. The van der Waals surface area contributed by atoms with E-state index in [1.807, 2.05) is 12.1 Å². The van der Waals surface area contributed by atoms with Crippen LogP contribution in [0.2, 0.25) is 0 Å². The van der Waals surface area contributed by atoms with Gasteiger partial charge in [0.05, 0.1) is 5.52 Å². The maximum atomic E-state index is 9.19. The van der Waals surface area contributed by atoms with E-state index in [1.165, 1.54) is 0 Å². The van der Waals surface area contributed by atoms with Crippen LogP contribution in [0.3, 0.4) is 0 Å². The number of aromatic nitrogens is 3. The van der Waals surface area contributed by atoms with Crippen molar-refractivity contribution in [3.8, 4) is 6.01 Å². The van der Waals surface area contributed by atoms with E-state index in [0.717, 1.165) is 24.1 Å². The molecular formula is C11H15N3O. The van der Waals surface area contributed by atoms with Gasteiger partial charge in [0.1, 0.15) is 0 Å². The molecule has 0 aliphatic rings. The van der Waals surface area contributed by atoms with Crippen molar-refractivity contribution < 1.29 is 5.11 Å². The zero-order valence-corrected chi connectivity index (χ0v) is 8.99. The summed E-state index contributed by atoms with van der Waals surface area (Å²) >= 11 is 0. The summed E-state index contributed by atoms with van der Waals surface area (Å²) in [5.74, 6) is 0.480. The summed E-state index contributed by atoms with van der Waals surface area (Å²) in [7, 11) is 0. The predicted octanol–water partition coefficient (Wildman–Crippen LogP) is 2.57. The van der Waals surface area contributed by atoms with Gasteiger partial charge in [-0.3, -0.25) is 0 Å². The van der Waals surface area contributed by atoms with Crippen LogP contribution in [0, 0.1) is 0 Å². The lowest BCUT2D eigenvalue weighted by molar-refractivity contribution is 0.438. The van der Waals surface area contributed by atoms with Crippen molar-refractivity contribution >= 4 is 11.2 Å². The van der Waals surface area contributed by atoms with Crippen LogP contribution < -0.4 is 0 Å². The van der Waals surface area contributed by atoms with Crippen LogP contribution in [-0.4, -0.2) is 20.1 Å².